The van der Waals surface area contributed by atoms with Gasteiger partial charge in [0.1, 0.15) is 0 Å². The van der Waals surface area contributed by atoms with Gasteiger partial charge in [0.2, 0.25) is 6.71 Å². The molecule has 0 unspecified atom stereocenters. The van der Waals surface area contributed by atoms with Gasteiger partial charge in [-0.1, -0.05) is 107 Å². The van der Waals surface area contributed by atoms with E-state index in [-0.39, 0.29) is 5.56 Å². The number of rotatable bonds is 4. The molecule has 0 radical (unpaired) electrons. The second-order valence-electron chi connectivity index (χ2n) is 6.21. The zero-order valence-electron chi connectivity index (χ0n) is 15.3. The lowest BCUT2D eigenvalue weighted by molar-refractivity contribution is 0.0696. The highest BCUT2D eigenvalue weighted by atomic mass is 16.4. The Kier molecular flexibility index (Phi) is 6.75. The Labute approximate surface area is 165 Å². The van der Waals surface area contributed by atoms with E-state index in [4.69, 9.17) is 5.11 Å². The monoisotopic (exact) mass is 365 g/mol. The molecule has 4 aromatic rings. The first-order chi connectivity index (χ1) is 13.8. The molecular weight excluding hydrogens is 345 g/mol. The third kappa shape index (κ3) is 5.18. The number of carbonyl (C=O) groups is 1. The number of pyridine rings is 1. The van der Waals surface area contributed by atoms with E-state index in [1.165, 1.54) is 40.9 Å². The zero-order valence-corrected chi connectivity index (χ0v) is 15.3. The molecule has 0 fully saturated rings. The third-order valence-electron chi connectivity index (χ3n) is 4.33. The fourth-order valence-electron chi connectivity index (χ4n) is 3.01. The van der Waals surface area contributed by atoms with Gasteiger partial charge in [0.15, 0.2) is 0 Å². The molecule has 0 saturated heterocycles. The lowest BCUT2D eigenvalue weighted by Gasteiger charge is -2.15. The number of aromatic carboxylic acids is 1. The molecule has 1 aromatic heterocycles. The number of aromatic nitrogens is 1. The van der Waals surface area contributed by atoms with E-state index in [2.05, 4.69) is 96.0 Å². The van der Waals surface area contributed by atoms with Crippen molar-refractivity contribution in [2.45, 2.75) is 0 Å². The summed E-state index contributed by atoms with van der Waals surface area (Å²) in [5.41, 5.74) is 4.27. The van der Waals surface area contributed by atoms with Crippen molar-refractivity contribution < 1.29 is 9.90 Å². The quantitative estimate of drug-likeness (QED) is 0.566. The molecule has 0 atom stereocenters. The van der Waals surface area contributed by atoms with Gasteiger partial charge in [-0.25, -0.2) is 4.79 Å². The van der Waals surface area contributed by atoms with E-state index >= 15 is 0 Å². The molecule has 136 valence electrons. The molecule has 0 amide bonds. The highest BCUT2D eigenvalue weighted by Gasteiger charge is 2.20. The fourth-order valence-corrected chi connectivity index (χ4v) is 3.01. The first kappa shape index (κ1) is 19.1. The van der Waals surface area contributed by atoms with Crippen LogP contribution in [-0.4, -0.2) is 22.8 Å². The molecule has 0 aliphatic heterocycles. The molecule has 0 bridgehead atoms. The van der Waals surface area contributed by atoms with Crippen LogP contribution >= 0.6 is 0 Å². The Morgan fingerprint density at radius 1 is 0.607 bits per heavy atom. The Hall–Kier alpha value is -3.66. The van der Waals surface area contributed by atoms with E-state index in [0.717, 1.165) is 0 Å². The van der Waals surface area contributed by atoms with Crippen LogP contribution < -0.4 is 16.4 Å². The minimum Gasteiger partial charge on any atom is -0.478 e. The second kappa shape index (κ2) is 9.88. The number of carboxylic acid groups (broad SMARTS) is 1. The Bertz CT molecular complexity index is 884. The van der Waals surface area contributed by atoms with Crippen LogP contribution in [0.25, 0.3) is 0 Å². The number of hydrogen-bond donors (Lipinski definition) is 1. The minimum absolute atomic E-state index is 0.269. The third-order valence-corrected chi connectivity index (χ3v) is 4.33. The largest absolute Gasteiger partial charge is 0.478 e. The standard InChI is InChI=1S/C18H15B.C6H5NO2/c1-4-10-16(11-5-1)19(17-12-6-2-7-13-17)18-14-8-3-9-15-18;8-6(9)5-1-3-7-4-2-5/h1-15H;1-4H,(H,8,9). The second-order valence-corrected chi connectivity index (χ2v) is 6.21. The number of hydrogen-bond acceptors (Lipinski definition) is 2. The van der Waals surface area contributed by atoms with E-state index < -0.39 is 5.97 Å². The van der Waals surface area contributed by atoms with Crippen molar-refractivity contribution in [2.24, 2.45) is 0 Å². The highest BCUT2D eigenvalue weighted by Crippen LogP contribution is 1.95. The van der Waals surface area contributed by atoms with Gasteiger partial charge in [-0.05, 0) is 12.1 Å². The van der Waals surface area contributed by atoms with Crippen LogP contribution in [-0.2, 0) is 0 Å². The van der Waals surface area contributed by atoms with Crippen LogP contribution in [0.3, 0.4) is 0 Å². The first-order valence-corrected chi connectivity index (χ1v) is 9.04. The average Bonchev–Trinajstić information content (AvgIpc) is 2.77. The Morgan fingerprint density at radius 3 is 1.25 bits per heavy atom. The summed E-state index contributed by atoms with van der Waals surface area (Å²) in [5.74, 6) is -0.919. The molecule has 3 aromatic carbocycles. The molecule has 3 nitrogen and oxygen atoms in total. The normalized spacial score (nSPS) is 9.71. The SMILES string of the molecule is O=C(O)c1ccncc1.c1ccc(B(c2ccccc2)c2ccccc2)cc1. The molecule has 0 saturated carbocycles. The summed E-state index contributed by atoms with van der Waals surface area (Å²) in [5, 5.41) is 8.36. The topological polar surface area (TPSA) is 50.2 Å². The van der Waals surface area contributed by atoms with Crippen LogP contribution in [0.4, 0.5) is 0 Å². The first-order valence-electron chi connectivity index (χ1n) is 9.04. The van der Waals surface area contributed by atoms with Gasteiger partial charge in [-0.3, -0.25) is 4.98 Å². The smallest absolute Gasteiger partial charge is 0.335 e. The summed E-state index contributed by atoms with van der Waals surface area (Å²) >= 11 is 0. The lowest BCUT2D eigenvalue weighted by atomic mass is 9.37. The molecular formula is C24H20BNO2. The summed E-state index contributed by atoms with van der Waals surface area (Å²) in [6.07, 6.45) is 2.90. The van der Waals surface area contributed by atoms with Gasteiger partial charge in [-0.15, -0.1) is 0 Å². The molecule has 0 spiro atoms. The molecule has 1 N–H and O–H groups in total. The van der Waals surface area contributed by atoms with Gasteiger partial charge >= 0.3 is 5.97 Å². The molecule has 0 aliphatic rings. The van der Waals surface area contributed by atoms with Crippen LogP contribution in [0.15, 0.2) is 116 Å². The van der Waals surface area contributed by atoms with Gasteiger partial charge in [0.25, 0.3) is 0 Å². The minimum atomic E-state index is -0.919. The van der Waals surface area contributed by atoms with E-state index in [9.17, 15) is 4.79 Å². The number of benzene rings is 3. The van der Waals surface area contributed by atoms with Crippen molar-refractivity contribution in [1.82, 2.24) is 4.98 Å². The van der Waals surface area contributed by atoms with Crippen molar-refractivity contribution in [2.75, 3.05) is 0 Å². The average molecular weight is 365 g/mol. The summed E-state index contributed by atoms with van der Waals surface area (Å²) in [4.78, 5) is 13.8. The van der Waals surface area contributed by atoms with Crippen molar-refractivity contribution in [3.63, 3.8) is 0 Å². The van der Waals surface area contributed by atoms with Gasteiger partial charge in [0, 0.05) is 12.4 Å². The maximum atomic E-state index is 10.2. The van der Waals surface area contributed by atoms with Crippen molar-refractivity contribution in [1.29, 1.82) is 0 Å². The van der Waals surface area contributed by atoms with E-state index in [1.807, 2.05) is 0 Å². The molecule has 4 rings (SSSR count). The molecule has 0 aliphatic carbocycles. The predicted octanol–water partition coefficient (Wildman–Crippen LogP) is 2.98. The number of nitrogens with zero attached hydrogens (tertiary/aromatic N) is 1. The molecule has 4 heteroatoms. The summed E-state index contributed by atoms with van der Waals surface area (Å²) < 4.78 is 0. The van der Waals surface area contributed by atoms with Gasteiger partial charge < -0.3 is 5.11 Å². The summed E-state index contributed by atoms with van der Waals surface area (Å²) in [6, 6.07) is 34.9. The van der Waals surface area contributed by atoms with E-state index in [0.29, 0.717) is 6.71 Å². The van der Waals surface area contributed by atoms with Crippen LogP contribution in [0, 0.1) is 0 Å². The van der Waals surface area contributed by atoms with Crippen LogP contribution in [0.5, 0.6) is 0 Å². The van der Waals surface area contributed by atoms with Crippen LogP contribution in [0.1, 0.15) is 10.4 Å². The maximum Gasteiger partial charge on any atom is 0.335 e. The van der Waals surface area contributed by atoms with Crippen molar-refractivity contribution in [3.8, 4) is 0 Å². The highest BCUT2D eigenvalue weighted by molar-refractivity contribution is 6.95. The Balaban J connectivity index is 0.000000211. The predicted molar refractivity (Wildman–Crippen MR) is 115 cm³/mol. The fraction of sp³-hybridized carbons (Fsp3) is 0. The van der Waals surface area contributed by atoms with Crippen LogP contribution in [0.2, 0.25) is 0 Å². The molecule has 28 heavy (non-hydrogen) atoms. The van der Waals surface area contributed by atoms with Gasteiger partial charge in [-0.2, -0.15) is 0 Å². The van der Waals surface area contributed by atoms with E-state index in [1.54, 1.807) is 0 Å². The zero-order chi connectivity index (χ0) is 19.6. The summed E-state index contributed by atoms with van der Waals surface area (Å²) in [7, 11) is 0. The van der Waals surface area contributed by atoms with Crippen molar-refractivity contribution >= 4 is 29.1 Å². The number of carboxylic acids is 1. The van der Waals surface area contributed by atoms with Crippen molar-refractivity contribution in [3.05, 3.63) is 121 Å². The molecule has 1 heterocycles. The lowest BCUT2D eigenvalue weighted by Crippen LogP contribution is -2.51. The Morgan fingerprint density at radius 2 is 0.964 bits per heavy atom. The maximum absolute atomic E-state index is 10.2. The summed E-state index contributed by atoms with van der Waals surface area (Å²) in [6.45, 7) is 0.309. The van der Waals surface area contributed by atoms with Gasteiger partial charge in [0.05, 0.1) is 5.56 Å².